The summed E-state index contributed by atoms with van der Waals surface area (Å²) in [6.07, 6.45) is 4.25. The largest absolute Gasteiger partial charge is 0.340 e. The van der Waals surface area contributed by atoms with Gasteiger partial charge in [-0.05, 0) is 49.4 Å². The number of aromatic nitrogens is 5. The predicted molar refractivity (Wildman–Crippen MR) is 114 cm³/mol. The number of aryl methyl sites for hydroxylation is 1. The first kappa shape index (κ1) is 17.3. The van der Waals surface area contributed by atoms with Gasteiger partial charge in [0.15, 0.2) is 0 Å². The van der Waals surface area contributed by atoms with Gasteiger partial charge in [0.05, 0.1) is 22.6 Å². The summed E-state index contributed by atoms with van der Waals surface area (Å²) in [5.41, 5.74) is 6.63. The Morgan fingerprint density at radius 1 is 0.828 bits per heavy atom. The molecule has 1 N–H and O–H groups in total. The zero-order chi connectivity index (χ0) is 19.6. The lowest BCUT2D eigenvalue weighted by Crippen LogP contribution is -1.93. The molecule has 4 aromatic heterocycles. The van der Waals surface area contributed by atoms with E-state index < -0.39 is 0 Å². The number of pyridine rings is 3. The van der Waals surface area contributed by atoms with Crippen LogP contribution in [0.4, 0.5) is 0 Å². The molecule has 0 saturated heterocycles. The minimum Gasteiger partial charge on any atom is -0.340 e. The summed E-state index contributed by atoms with van der Waals surface area (Å²) in [5.74, 6) is 0.864. The SMILES string of the molecule is Cc1cccc(-c2[nH]c(Cc3ccccn3)nc2-c2ccc3ncccc3c2)n1. The number of benzene rings is 1. The highest BCUT2D eigenvalue weighted by molar-refractivity contribution is 5.86. The van der Waals surface area contributed by atoms with Crippen LogP contribution in [0.5, 0.6) is 0 Å². The molecule has 4 heterocycles. The van der Waals surface area contributed by atoms with E-state index in [1.165, 1.54) is 0 Å². The van der Waals surface area contributed by atoms with Crippen LogP contribution in [0.25, 0.3) is 33.5 Å². The summed E-state index contributed by atoms with van der Waals surface area (Å²) in [4.78, 5) is 22.0. The number of hydrogen-bond acceptors (Lipinski definition) is 4. The normalized spacial score (nSPS) is 11.1. The molecule has 140 valence electrons. The molecule has 0 spiro atoms. The van der Waals surface area contributed by atoms with Crippen molar-refractivity contribution in [2.75, 3.05) is 0 Å². The maximum atomic E-state index is 4.93. The fourth-order valence-electron chi connectivity index (χ4n) is 3.48. The van der Waals surface area contributed by atoms with Gasteiger partial charge in [0.25, 0.3) is 0 Å². The van der Waals surface area contributed by atoms with Crippen molar-refractivity contribution in [3.8, 4) is 22.6 Å². The molecule has 0 aliphatic heterocycles. The Morgan fingerprint density at radius 3 is 2.62 bits per heavy atom. The van der Waals surface area contributed by atoms with E-state index in [-0.39, 0.29) is 0 Å². The van der Waals surface area contributed by atoms with Gasteiger partial charge in [0, 0.05) is 41.2 Å². The van der Waals surface area contributed by atoms with Gasteiger partial charge in [-0.2, -0.15) is 0 Å². The number of fused-ring (bicyclic) bond motifs is 1. The summed E-state index contributed by atoms with van der Waals surface area (Å²) in [5, 5.41) is 1.09. The van der Waals surface area contributed by atoms with Crippen LogP contribution in [0.2, 0.25) is 0 Å². The smallest absolute Gasteiger partial charge is 0.113 e. The van der Waals surface area contributed by atoms with Crippen molar-refractivity contribution in [3.63, 3.8) is 0 Å². The Morgan fingerprint density at radius 2 is 1.76 bits per heavy atom. The molecule has 1 aromatic carbocycles. The minimum absolute atomic E-state index is 0.634. The van der Waals surface area contributed by atoms with Crippen LogP contribution in [-0.4, -0.2) is 24.9 Å². The number of nitrogens with zero attached hydrogens (tertiary/aromatic N) is 4. The van der Waals surface area contributed by atoms with Crippen molar-refractivity contribution >= 4 is 10.9 Å². The van der Waals surface area contributed by atoms with E-state index in [1.807, 2.05) is 61.7 Å². The quantitative estimate of drug-likeness (QED) is 0.480. The molecule has 5 nitrogen and oxygen atoms in total. The first-order chi connectivity index (χ1) is 14.3. The molecule has 0 radical (unpaired) electrons. The Balaban J connectivity index is 1.65. The first-order valence-electron chi connectivity index (χ1n) is 9.54. The minimum atomic E-state index is 0.634. The second-order valence-electron chi connectivity index (χ2n) is 6.98. The summed E-state index contributed by atoms with van der Waals surface area (Å²) >= 11 is 0. The molecule has 5 heteroatoms. The number of rotatable bonds is 4. The van der Waals surface area contributed by atoms with Crippen LogP contribution in [0.1, 0.15) is 17.2 Å². The zero-order valence-electron chi connectivity index (χ0n) is 16.0. The number of H-pyrrole nitrogens is 1. The lowest BCUT2D eigenvalue weighted by molar-refractivity contribution is 0.977. The third-order valence-corrected chi connectivity index (χ3v) is 4.85. The van der Waals surface area contributed by atoms with Crippen LogP contribution in [0, 0.1) is 6.92 Å². The fraction of sp³-hybridized carbons (Fsp3) is 0.0833. The highest BCUT2D eigenvalue weighted by Crippen LogP contribution is 2.31. The maximum Gasteiger partial charge on any atom is 0.113 e. The molecule has 0 aliphatic rings. The Bertz CT molecular complexity index is 1290. The van der Waals surface area contributed by atoms with Gasteiger partial charge < -0.3 is 4.98 Å². The van der Waals surface area contributed by atoms with E-state index in [0.29, 0.717) is 6.42 Å². The highest BCUT2D eigenvalue weighted by atomic mass is 15.0. The fourth-order valence-corrected chi connectivity index (χ4v) is 3.48. The molecular weight excluding hydrogens is 358 g/mol. The third kappa shape index (κ3) is 3.50. The zero-order valence-corrected chi connectivity index (χ0v) is 16.0. The van der Waals surface area contributed by atoms with Crippen molar-refractivity contribution in [2.24, 2.45) is 0 Å². The summed E-state index contributed by atoms with van der Waals surface area (Å²) < 4.78 is 0. The van der Waals surface area contributed by atoms with Crippen LogP contribution in [0.3, 0.4) is 0 Å². The van der Waals surface area contributed by atoms with Gasteiger partial charge >= 0.3 is 0 Å². The topological polar surface area (TPSA) is 67.3 Å². The molecule has 5 aromatic rings. The molecular formula is C24H19N5. The molecule has 0 aliphatic carbocycles. The van der Waals surface area contributed by atoms with Crippen molar-refractivity contribution in [3.05, 3.63) is 96.3 Å². The maximum absolute atomic E-state index is 4.93. The Hall–Kier alpha value is -3.86. The lowest BCUT2D eigenvalue weighted by atomic mass is 10.1. The van der Waals surface area contributed by atoms with Crippen molar-refractivity contribution in [2.45, 2.75) is 13.3 Å². The van der Waals surface area contributed by atoms with E-state index in [4.69, 9.17) is 9.97 Å². The molecule has 0 fully saturated rings. The van der Waals surface area contributed by atoms with E-state index >= 15 is 0 Å². The molecule has 0 saturated carbocycles. The number of imidazole rings is 1. The molecule has 5 rings (SSSR count). The van der Waals surface area contributed by atoms with E-state index in [1.54, 1.807) is 6.20 Å². The Kier molecular flexibility index (Phi) is 4.33. The Labute approximate surface area is 168 Å². The summed E-state index contributed by atoms with van der Waals surface area (Å²) in [7, 11) is 0. The summed E-state index contributed by atoms with van der Waals surface area (Å²) in [6, 6.07) is 22.2. The van der Waals surface area contributed by atoms with Gasteiger partial charge in [-0.15, -0.1) is 0 Å². The highest BCUT2D eigenvalue weighted by Gasteiger charge is 2.16. The van der Waals surface area contributed by atoms with Gasteiger partial charge in [0.2, 0.25) is 0 Å². The van der Waals surface area contributed by atoms with Crippen LogP contribution >= 0.6 is 0 Å². The van der Waals surface area contributed by atoms with Gasteiger partial charge in [-0.3, -0.25) is 15.0 Å². The van der Waals surface area contributed by atoms with Crippen molar-refractivity contribution in [1.29, 1.82) is 0 Å². The van der Waals surface area contributed by atoms with Crippen molar-refractivity contribution in [1.82, 2.24) is 24.9 Å². The van der Waals surface area contributed by atoms with Crippen LogP contribution in [-0.2, 0) is 6.42 Å². The second-order valence-corrected chi connectivity index (χ2v) is 6.98. The molecule has 29 heavy (non-hydrogen) atoms. The van der Waals surface area contributed by atoms with Crippen molar-refractivity contribution < 1.29 is 0 Å². The van der Waals surface area contributed by atoms with Crippen LogP contribution < -0.4 is 0 Å². The third-order valence-electron chi connectivity index (χ3n) is 4.85. The molecule has 0 bridgehead atoms. The number of hydrogen-bond donors (Lipinski definition) is 1. The standard InChI is InChI=1S/C24H19N5/c1-16-6-4-9-21(27-16)24-23(18-10-11-20-17(14-18)7-5-13-26-20)28-22(29-24)15-19-8-2-3-12-25-19/h2-14H,15H2,1H3,(H,28,29). The average Bonchev–Trinajstić information content (AvgIpc) is 3.18. The predicted octanol–water partition coefficient (Wildman–Crippen LogP) is 4.98. The lowest BCUT2D eigenvalue weighted by Gasteiger charge is -2.05. The second kappa shape index (κ2) is 7.28. The van der Waals surface area contributed by atoms with Gasteiger partial charge in [-0.1, -0.05) is 24.3 Å². The monoisotopic (exact) mass is 377 g/mol. The molecule has 0 atom stereocenters. The van der Waals surface area contributed by atoms with Gasteiger partial charge in [-0.25, -0.2) is 4.98 Å². The number of nitrogens with one attached hydrogen (secondary N) is 1. The van der Waals surface area contributed by atoms with Gasteiger partial charge in [0.1, 0.15) is 5.82 Å². The van der Waals surface area contributed by atoms with E-state index in [2.05, 4.69) is 33.2 Å². The molecule has 0 unspecified atom stereocenters. The van der Waals surface area contributed by atoms with E-state index in [9.17, 15) is 0 Å². The first-order valence-corrected chi connectivity index (χ1v) is 9.54. The molecule has 0 amide bonds. The average molecular weight is 377 g/mol. The van der Waals surface area contributed by atoms with E-state index in [0.717, 1.165) is 50.8 Å². The summed E-state index contributed by atoms with van der Waals surface area (Å²) in [6.45, 7) is 2.00. The van der Waals surface area contributed by atoms with Crippen LogP contribution in [0.15, 0.2) is 79.1 Å². The number of aromatic amines is 1.